The molecule has 0 spiro atoms. The highest BCUT2D eigenvalue weighted by Crippen LogP contribution is 2.35. The Kier molecular flexibility index (Phi) is 2.76. The van der Waals surface area contributed by atoms with Gasteiger partial charge in [0.25, 0.3) is 0 Å². The van der Waals surface area contributed by atoms with E-state index >= 15 is 0 Å². The first-order valence-corrected chi connectivity index (χ1v) is 4.37. The lowest BCUT2D eigenvalue weighted by atomic mass is 9.84. The average molecular weight is 206 g/mol. The van der Waals surface area contributed by atoms with Crippen molar-refractivity contribution in [2.24, 2.45) is 5.92 Å². The molecule has 1 aliphatic rings. The highest BCUT2D eigenvalue weighted by molar-refractivity contribution is 5.27. The number of alkyl halides is 3. The van der Waals surface area contributed by atoms with E-state index in [0.29, 0.717) is 0 Å². The Balaban J connectivity index is 2.82. The van der Waals surface area contributed by atoms with E-state index < -0.39 is 12.0 Å². The molecule has 0 amide bonds. The molecule has 2 atom stereocenters. The Bertz CT molecular complexity index is 278. The SMILES string of the molecule is CC1=CC(C)C(C)(OC(F)(F)F)C=C1. The lowest BCUT2D eigenvalue weighted by Crippen LogP contribution is -2.39. The van der Waals surface area contributed by atoms with Crippen LogP contribution < -0.4 is 0 Å². The molecule has 0 aromatic carbocycles. The van der Waals surface area contributed by atoms with Gasteiger partial charge in [-0.3, -0.25) is 4.74 Å². The minimum absolute atomic E-state index is 0.283. The summed E-state index contributed by atoms with van der Waals surface area (Å²) in [6.45, 7) is 4.99. The Hall–Kier alpha value is -0.770. The predicted octanol–water partition coefficient (Wildman–Crippen LogP) is 3.43. The van der Waals surface area contributed by atoms with Crippen LogP contribution in [0, 0.1) is 5.92 Å². The van der Waals surface area contributed by atoms with Crippen molar-refractivity contribution in [1.82, 2.24) is 0 Å². The summed E-state index contributed by atoms with van der Waals surface area (Å²) < 4.78 is 40.3. The lowest BCUT2D eigenvalue weighted by molar-refractivity contribution is -0.360. The van der Waals surface area contributed by atoms with Crippen LogP contribution >= 0.6 is 0 Å². The third kappa shape index (κ3) is 2.61. The zero-order chi connectivity index (χ0) is 11.0. The maximum Gasteiger partial charge on any atom is 0.523 e. The highest BCUT2D eigenvalue weighted by atomic mass is 19.4. The van der Waals surface area contributed by atoms with Crippen LogP contribution in [0.1, 0.15) is 20.8 Å². The number of allylic oxidation sites excluding steroid dienone is 2. The predicted molar refractivity (Wildman–Crippen MR) is 47.6 cm³/mol. The molecule has 14 heavy (non-hydrogen) atoms. The van der Waals surface area contributed by atoms with E-state index in [-0.39, 0.29) is 5.92 Å². The molecule has 80 valence electrons. The van der Waals surface area contributed by atoms with Crippen LogP contribution in [0.5, 0.6) is 0 Å². The third-order valence-electron chi connectivity index (χ3n) is 2.43. The van der Waals surface area contributed by atoms with Crippen LogP contribution in [-0.4, -0.2) is 12.0 Å². The van der Waals surface area contributed by atoms with Crippen LogP contribution in [0.4, 0.5) is 13.2 Å². The minimum atomic E-state index is -4.59. The third-order valence-corrected chi connectivity index (χ3v) is 2.43. The molecule has 0 heterocycles. The molecule has 1 nitrogen and oxygen atoms in total. The summed E-state index contributed by atoms with van der Waals surface area (Å²) in [4.78, 5) is 0. The van der Waals surface area contributed by atoms with Gasteiger partial charge in [-0.2, -0.15) is 0 Å². The molecule has 0 bridgehead atoms. The van der Waals surface area contributed by atoms with Gasteiger partial charge in [0.05, 0.1) is 5.60 Å². The van der Waals surface area contributed by atoms with Crippen LogP contribution in [0.15, 0.2) is 23.8 Å². The van der Waals surface area contributed by atoms with Gasteiger partial charge in [0.15, 0.2) is 0 Å². The Morgan fingerprint density at radius 2 is 2.00 bits per heavy atom. The molecule has 1 aliphatic carbocycles. The maximum atomic E-state index is 12.1. The van der Waals surface area contributed by atoms with Gasteiger partial charge in [-0.25, -0.2) is 0 Å². The van der Waals surface area contributed by atoms with Crippen molar-refractivity contribution in [3.63, 3.8) is 0 Å². The second-order valence-corrected chi connectivity index (χ2v) is 3.76. The first-order valence-electron chi connectivity index (χ1n) is 4.37. The van der Waals surface area contributed by atoms with E-state index in [1.165, 1.54) is 13.0 Å². The molecule has 0 aliphatic heterocycles. The average Bonchev–Trinajstić information content (AvgIpc) is 1.95. The largest absolute Gasteiger partial charge is 0.523 e. The topological polar surface area (TPSA) is 9.23 Å². The number of rotatable bonds is 1. The molecule has 0 aromatic heterocycles. The molecule has 0 aromatic rings. The summed E-state index contributed by atoms with van der Waals surface area (Å²) in [7, 11) is 0. The van der Waals surface area contributed by atoms with Crippen molar-refractivity contribution < 1.29 is 17.9 Å². The number of hydrogen-bond acceptors (Lipinski definition) is 1. The first-order chi connectivity index (χ1) is 6.23. The van der Waals surface area contributed by atoms with E-state index in [1.807, 2.05) is 6.92 Å². The number of halogens is 3. The second-order valence-electron chi connectivity index (χ2n) is 3.76. The Morgan fingerprint density at radius 1 is 1.43 bits per heavy atom. The fourth-order valence-electron chi connectivity index (χ4n) is 1.44. The van der Waals surface area contributed by atoms with Gasteiger partial charge in [-0.1, -0.05) is 30.7 Å². The lowest BCUT2D eigenvalue weighted by Gasteiger charge is -2.34. The van der Waals surface area contributed by atoms with Gasteiger partial charge < -0.3 is 0 Å². The molecule has 0 saturated heterocycles. The van der Waals surface area contributed by atoms with Crippen LogP contribution in [0.3, 0.4) is 0 Å². The molecule has 4 heteroatoms. The monoisotopic (exact) mass is 206 g/mol. The van der Waals surface area contributed by atoms with Gasteiger partial charge in [0.2, 0.25) is 0 Å². The molecule has 2 unspecified atom stereocenters. The van der Waals surface area contributed by atoms with Gasteiger partial charge in [0.1, 0.15) is 0 Å². The first kappa shape index (κ1) is 11.3. The van der Waals surface area contributed by atoms with E-state index in [1.54, 1.807) is 19.1 Å². The van der Waals surface area contributed by atoms with Crippen molar-refractivity contribution in [3.8, 4) is 0 Å². The molecule has 0 fully saturated rings. The zero-order valence-electron chi connectivity index (χ0n) is 8.35. The van der Waals surface area contributed by atoms with E-state index in [4.69, 9.17) is 0 Å². The fraction of sp³-hybridized carbons (Fsp3) is 0.600. The van der Waals surface area contributed by atoms with Crippen molar-refractivity contribution in [2.75, 3.05) is 0 Å². The normalized spacial score (nSPS) is 33.0. The van der Waals surface area contributed by atoms with Crippen molar-refractivity contribution in [2.45, 2.75) is 32.7 Å². The van der Waals surface area contributed by atoms with E-state index in [0.717, 1.165) is 5.57 Å². The Morgan fingerprint density at radius 3 is 2.43 bits per heavy atom. The second kappa shape index (κ2) is 3.42. The van der Waals surface area contributed by atoms with Crippen LogP contribution in [0.25, 0.3) is 0 Å². The quantitative estimate of drug-likeness (QED) is 0.638. The number of hydrogen-bond donors (Lipinski definition) is 0. The zero-order valence-corrected chi connectivity index (χ0v) is 8.35. The fourth-order valence-corrected chi connectivity index (χ4v) is 1.44. The summed E-state index contributed by atoms with van der Waals surface area (Å²) in [5.74, 6) is -0.283. The van der Waals surface area contributed by atoms with Crippen molar-refractivity contribution >= 4 is 0 Å². The summed E-state index contributed by atoms with van der Waals surface area (Å²) in [6, 6.07) is 0. The van der Waals surface area contributed by atoms with Crippen molar-refractivity contribution in [3.05, 3.63) is 23.8 Å². The van der Waals surface area contributed by atoms with Gasteiger partial charge in [-0.05, 0) is 13.8 Å². The van der Waals surface area contributed by atoms with E-state index in [2.05, 4.69) is 4.74 Å². The van der Waals surface area contributed by atoms with Crippen LogP contribution in [-0.2, 0) is 4.74 Å². The Labute approximate surface area is 81.2 Å². The van der Waals surface area contributed by atoms with Gasteiger partial charge >= 0.3 is 6.36 Å². The maximum absolute atomic E-state index is 12.1. The minimum Gasteiger partial charge on any atom is -0.281 e. The van der Waals surface area contributed by atoms with E-state index in [9.17, 15) is 13.2 Å². The summed E-state index contributed by atoms with van der Waals surface area (Å²) in [5.41, 5.74) is -0.321. The summed E-state index contributed by atoms with van der Waals surface area (Å²) in [5, 5.41) is 0. The molecule has 0 N–H and O–H groups in total. The molecular weight excluding hydrogens is 193 g/mol. The molecular formula is C10H13F3O. The molecule has 0 radical (unpaired) electrons. The molecule has 0 saturated carbocycles. The smallest absolute Gasteiger partial charge is 0.281 e. The van der Waals surface area contributed by atoms with Crippen LogP contribution in [0.2, 0.25) is 0 Å². The van der Waals surface area contributed by atoms with Crippen molar-refractivity contribution in [1.29, 1.82) is 0 Å². The highest BCUT2D eigenvalue weighted by Gasteiger charge is 2.42. The standard InChI is InChI=1S/C10H13F3O/c1-7-4-5-9(3,8(2)6-7)14-10(11,12)13/h4-6,8H,1-3H3. The van der Waals surface area contributed by atoms with Gasteiger partial charge in [-0.15, -0.1) is 13.2 Å². The summed E-state index contributed by atoms with van der Waals surface area (Å²) >= 11 is 0. The summed E-state index contributed by atoms with van der Waals surface area (Å²) in [6.07, 6.45) is 0.282. The number of ether oxygens (including phenoxy) is 1. The molecule has 1 rings (SSSR count). The van der Waals surface area contributed by atoms with Gasteiger partial charge in [0, 0.05) is 5.92 Å².